The molecule has 0 saturated carbocycles. The Bertz CT molecular complexity index is 496. The number of aliphatic hydroxyl groups excluding tert-OH is 1. The highest BCUT2D eigenvalue weighted by atomic mass is 28.4. The van der Waals surface area contributed by atoms with E-state index < -0.39 is 14.4 Å². The molecule has 1 aromatic carbocycles. The highest BCUT2D eigenvalue weighted by molar-refractivity contribution is 6.77. The van der Waals surface area contributed by atoms with Crippen LogP contribution in [0.15, 0.2) is 48.7 Å². The smallest absolute Gasteiger partial charge is 0.257 e. The van der Waals surface area contributed by atoms with Gasteiger partial charge in [0.1, 0.15) is 0 Å². The monoisotopic (exact) mass is 346 g/mol. The largest absolute Gasteiger partial charge is 0.548 e. The Morgan fingerprint density at radius 1 is 0.958 bits per heavy atom. The van der Waals surface area contributed by atoms with Crippen molar-refractivity contribution in [1.82, 2.24) is 0 Å². The summed E-state index contributed by atoms with van der Waals surface area (Å²) >= 11 is 0. The first-order valence-electron chi connectivity index (χ1n) is 9.04. The minimum absolute atomic E-state index is 0.488. The average Bonchev–Trinajstić information content (AvgIpc) is 2.52. The molecule has 2 nitrogen and oxygen atoms in total. The van der Waals surface area contributed by atoms with Crippen molar-refractivity contribution in [3.63, 3.8) is 0 Å². The zero-order valence-electron chi connectivity index (χ0n) is 16.1. The van der Waals surface area contributed by atoms with Gasteiger partial charge >= 0.3 is 0 Å². The van der Waals surface area contributed by atoms with Gasteiger partial charge in [-0.15, -0.1) is 0 Å². The maximum absolute atomic E-state index is 10.1. The van der Waals surface area contributed by atoms with Gasteiger partial charge in [0.15, 0.2) is 0 Å². The van der Waals surface area contributed by atoms with Crippen molar-refractivity contribution in [2.75, 3.05) is 0 Å². The summed E-state index contributed by atoms with van der Waals surface area (Å²) in [4.78, 5) is 0. The summed E-state index contributed by atoms with van der Waals surface area (Å²) in [6.45, 7) is 13.7. The third-order valence-corrected chi connectivity index (χ3v) is 10.7. The number of benzene rings is 1. The maximum atomic E-state index is 10.1. The van der Waals surface area contributed by atoms with Crippen molar-refractivity contribution < 1.29 is 9.53 Å². The summed E-state index contributed by atoms with van der Waals surface area (Å²) < 4.78 is 6.35. The molecule has 0 radical (unpaired) electrons. The summed E-state index contributed by atoms with van der Waals surface area (Å²) in [6.07, 6.45) is 7.66. The van der Waals surface area contributed by atoms with Crippen molar-refractivity contribution in [1.29, 1.82) is 0 Å². The second-order valence-electron chi connectivity index (χ2n) is 7.38. The van der Waals surface area contributed by atoms with Gasteiger partial charge in [-0.3, -0.25) is 0 Å². The Hall–Kier alpha value is -1.32. The molecule has 0 amide bonds. The van der Waals surface area contributed by atoms with E-state index in [2.05, 4.69) is 41.5 Å². The van der Waals surface area contributed by atoms with Crippen LogP contribution < -0.4 is 0 Å². The fourth-order valence-electron chi connectivity index (χ4n) is 3.63. The Kier molecular flexibility index (Phi) is 8.50. The number of hydrogen-bond donors (Lipinski definition) is 1. The topological polar surface area (TPSA) is 29.5 Å². The average molecular weight is 347 g/mol. The molecule has 0 heterocycles. The van der Waals surface area contributed by atoms with Crippen LogP contribution in [-0.2, 0) is 4.43 Å². The molecule has 3 heteroatoms. The Labute approximate surface area is 149 Å². The van der Waals surface area contributed by atoms with Crippen LogP contribution >= 0.6 is 0 Å². The van der Waals surface area contributed by atoms with Crippen molar-refractivity contribution in [3.05, 3.63) is 54.3 Å². The highest BCUT2D eigenvalue weighted by Crippen LogP contribution is 2.42. The second kappa shape index (κ2) is 9.85. The lowest BCUT2D eigenvalue weighted by atomic mass is 10.1. The summed E-state index contributed by atoms with van der Waals surface area (Å²) in [5.41, 5.74) is 2.78. The number of aliphatic hydroxyl groups is 1. The molecule has 0 aliphatic heterocycles. The molecule has 24 heavy (non-hydrogen) atoms. The van der Waals surface area contributed by atoms with E-state index in [0.29, 0.717) is 23.0 Å². The molecule has 0 unspecified atom stereocenters. The molecule has 0 bridgehead atoms. The fraction of sp³-hybridized carbons (Fsp3) is 0.524. The molecule has 1 atom stereocenters. The number of rotatable bonds is 9. The van der Waals surface area contributed by atoms with E-state index in [1.54, 1.807) is 0 Å². The molecular formula is C21H34O2Si. The van der Waals surface area contributed by atoms with Gasteiger partial charge in [0.2, 0.25) is 0 Å². The molecule has 0 spiro atoms. The van der Waals surface area contributed by atoms with Crippen LogP contribution in [0.3, 0.4) is 0 Å². The Morgan fingerprint density at radius 3 is 2.00 bits per heavy atom. The predicted octanol–water partition coefficient (Wildman–Crippen LogP) is 6.16. The first kappa shape index (κ1) is 20.7. The number of hydrogen-bond acceptors (Lipinski definition) is 2. The Balaban J connectivity index is 2.61. The molecule has 0 fully saturated rings. The SMILES string of the molecule is CC(C)[Si](O/C=C\C[C@H](O)/C=C/c1ccccc1)(C(C)C)C(C)C. The van der Waals surface area contributed by atoms with Crippen LogP contribution in [0.5, 0.6) is 0 Å². The minimum Gasteiger partial charge on any atom is -0.548 e. The van der Waals surface area contributed by atoms with Crippen LogP contribution in [0.4, 0.5) is 0 Å². The van der Waals surface area contributed by atoms with Crippen molar-refractivity contribution in [2.45, 2.75) is 70.7 Å². The highest BCUT2D eigenvalue weighted by Gasteiger charge is 2.46. The van der Waals surface area contributed by atoms with Crippen LogP contribution in [0, 0.1) is 0 Å². The molecule has 1 rings (SSSR count). The molecule has 0 aromatic heterocycles. The second-order valence-corrected chi connectivity index (χ2v) is 12.8. The lowest BCUT2D eigenvalue weighted by Crippen LogP contribution is -2.46. The van der Waals surface area contributed by atoms with Crippen molar-refractivity contribution in [3.8, 4) is 0 Å². The third-order valence-electron chi connectivity index (χ3n) is 4.76. The van der Waals surface area contributed by atoms with E-state index in [0.717, 1.165) is 5.56 Å². The molecule has 1 N–H and O–H groups in total. The zero-order chi connectivity index (χ0) is 18.2. The summed E-state index contributed by atoms with van der Waals surface area (Å²) in [7, 11) is -1.86. The maximum Gasteiger partial charge on any atom is 0.257 e. The predicted molar refractivity (Wildman–Crippen MR) is 107 cm³/mol. The van der Waals surface area contributed by atoms with Crippen LogP contribution in [0.1, 0.15) is 53.5 Å². The molecule has 0 aliphatic carbocycles. The normalized spacial score (nSPS) is 14.4. The van der Waals surface area contributed by atoms with E-state index in [4.69, 9.17) is 4.43 Å². The standard InChI is InChI=1S/C21H34O2Si/c1-17(2)24(18(3)4,19(5)6)23-16-10-13-21(22)15-14-20-11-8-7-9-12-20/h7-12,14-19,21-22H,13H2,1-6H3/b15-14+,16-10-/t21-/m0/s1. The van der Waals surface area contributed by atoms with E-state index in [1.807, 2.05) is 54.8 Å². The van der Waals surface area contributed by atoms with Gasteiger partial charge in [-0.05, 0) is 34.7 Å². The summed E-state index contributed by atoms with van der Waals surface area (Å²) in [5.74, 6) is 0. The van der Waals surface area contributed by atoms with Gasteiger partial charge in [0.25, 0.3) is 8.32 Å². The van der Waals surface area contributed by atoms with E-state index in [9.17, 15) is 5.11 Å². The first-order chi connectivity index (χ1) is 11.3. The van der Waals surface area contributed by atoms with Gasteiger partial charge in [-0.2, -0.15) is 0 Å². The van der Waals surface area contributed by atoms with E-state index in [1.165, 1.54) is 0 Å². The van der Waals surface area contributed by atoms with Crippen molar-refractivity contribution >= 4 is 14.4 Å². The lowest BCUT2D eigenvalue weighted by Gasteiger charge is -2.41. The molecule has 1 aromatic rings. The van der Waals surface area contributed by atoms with Crippen LogP contribution in [0.25, 0.3) is 6.08 Å². The van der Waals surface area contributed by atoms with Gasteiger partial charge in [0.05, 0.1) is 12.4 Å². The quantitative estimate of drug-likeness (QED) is 0.429. The molecule has 0 aliphatic rings. The van der Waals surface area contributed by atoms with Crippen molar-refractivity contribution in [2.24, 2.45) is 0 Å². The summed E-state index contributed by atoms with van der Waals surface area (Å²) in [5, 5.41) is 10.1. The lowest BCUT2D eigenvalue weighted by molar-refractivity contribution is 0.227. The zero-order valence-corrected chi connectivity index (χ0v) is 17.1. The molecule has 134 valence electrons. The fourth-order valence-corrected chi connectivity index (χ4v) is 8.78. The molecular weight excluding hydrogens is 312 g/mol. The van der Waals surface area contributed by atoms with Gasteiger partial charge in [-0.25, -0.2) is 0 Å². The van der Waals surface area contributed by atoms with Gasteiger partial charge < -0.3 is 9.53 Å². The third kappa shape index (κ3) is 5.64. The van der Waals surface area contributed by atoms with Gasteiger partial charge in [-0.1, -0.05) is 84.0 Å². The summed E-state index contributed by atoms with van der Waals surface area (Å²) in [6, 6.07) is 10.0. The van der Waals surface area contributed by atoms with E-state index in [-0.39, 0.29) is 0 Å². The van der Waals surface area contributed by atoms with Crippen LogP contribution in [-0.4, -0.2) is 19.5 Å². The van der Waals surface area contributed by atoms with Crippen LogP contribution in [0.2, 0.25) is 16.6 Å². The Morgan fingerprint density at radius 2 is 1.50 bits per heavy atom. The first-order valence-corrected chi connectivity index (χ1v) is 11.2. The molecule has 0 saturated heterocycles. The van der Waals surface area contributed by atoms with Gasteiger partial charge in [0, 0.05) is 0 Å². The minimum atomic E-state index is -1.86. The van der Waals surface area contributed by atoms with E-state index >= 15 is 0 Å².